The molecule has 1 atom stereocenters. The van der Waals surface area contributed by atoms with E-state index in [4.69, 9.17) is 0 Å². The van der Waals surface area contributed by atoms with Gasteiger partial charge in [-0.15, -0.1) is 0 Å². The summed E-state index contributed by atoms with van der Waals surface area (Å²) < 4.78 is 28.5. The van der Waals surface area contributed by atoms with Crippen molar-refractivity contribution in [1.82, 2.24) is 4.31 Å². The van der Waals surface area contributed by atoms with Gasteiger partial charge in [-0.25, -0.2) is 8.42 Å². The molecular formula is C32H38N2O6S. The van der Waals surface area contributed by atoms with E-state index in [2.05, 4.69) is 12.1 Å². The van der Waals surface area contributed by atoms with Crippen LogP contribution in [0.25, 0.3) is 0 Å². The molecule has 0 radical (unpaired) electrons. The Morgan fingerprint density at radius 3 is 2.24 bits per heavy atom. The van der Waals surface area contributed by atoms with Gasteiger partial charge in [0.25, 0.3) is 0 Å². The maximum Gasteiger partial charge on any atom is 0.245 e. The van der Waals surface area contributed by atoms with Crippen molar-refractivity contribution < 1.29 is 28.5 Å². The van der Waals surface area contributed by atoms with Crippen molar-refractivity contribution in [2.45, 2.75) is 81.6 Å². The van der Waals surface area contributed by atoms with Gasteiger partial charge in [0.1, 0.15) is 11.8 Å². The minimum absolute atomic E-state index is 0.0811. The van der Waals surface area contributed by atoms with E-state index >= 15 is 0 Å². The first-order chi connectivity index (χ1) is 19.6. The number of aryl methyl sites for hydroxylation is 1. The van der Waals surface area contributed by atoms with E-state index in [1.165, 1.54) is 65.1 Å². The highest BCUT2D eigenvalue weighted by Gasteiger charge is 2.41. The van der Waals surface area contributed by atoms with Gasteiger partial charge in [-0.3, -0.25) is 4.79 Å². The zero-order valence-corrected chi connectivity index (χ0v) is 24.1. The number of hydrogen-bond donors (Lipinski definition) is 3. The first-order valence-corrected chi connectivity index (χ1v) is 15.8. The summed E-state index contributed by atoms with van der Waals surface area (Å²) in [6.45, 7) is 2.28. The van der Waals surface area contributed by atoms with Crippen molar-refractivity contribution in [3.8, 4) is 5.75 Å². The lowest BCUT2D eigenvalue weighted by Crippen LogP contribution is -2.47. The van der Waals surface area contributed by atoms with Gasteiger partial charge in [0.2, 0.25) is 15.9 Å². The van der Waals surface area contributed by atoms with E-state index in [-0.39, 0.29) is 29.3 Å². The second-order valence-electron chi connectivity index (χ2n) is 11.2. The van der Waals surface area contributed by atoms with E-state index in [1.54, 1.807) is 24.3 Å². The molecule has 218 valence electrons. The summed E-state index contributed by atoms with van der Waals surface area (Å²) >= 11 is 0. The summed E-state index contributed by atoms with van der Waals surface area (Å²) in [5.74, 6) is -0.214. The van der Waals surface area contributed by atoms with Gasteiger partial charge in [-0.2, -0.15) is 4.31 Å². The fourth-order valence-corrected chi connectivity index (χ4v) is 7.68. The van der Waals surface area contributed by atoms with Crippen molar-refractivity contribution in [1.29, 1.82) is 0 Å². The Labute approximate surface area is 241 Å². The molecule has 5 rings (SSSR count). The number of rotatable bonds is 8. The van der Waals surface area contributed by atoms with Crippen molar-refractivity contribution in [2.24, 2.45) is 0 Å². The van der Waals surface area contributed by atoms with Gasteiger partial charge >= 0.3 is 0 Å². The van der Waals surface area contributed by atoms with Crippen LogP contribution in [0.15, 0.2) is 71.6 Å². The second kappa shape index (κ2) is 12.3. The van der Waals surface area contributed by atoms with E-state index in [0.717, 1.165) is 11.1 Å². The molecule has 9 heteroatoms. The Morgan fingerprint density at radius 1 is 0.927 bits per heavy atom. The largest absolute Gasteiger partial charge is 0.507 e. The number of sulfonamides is 1. The number of nitrogens with zero attached hydrogens (tertiary/aromatic N) is 2. The highest BCUT2D eigenvalue weighted by Crippen LogP contribution is 2.35. The molecule has 1 aliphatic carbocycles. The van der Waals surface area contributed by atoms with E-state index in [1.807, 2.05) is 19.1 Å². The fourth-order valence-electron chi connectivity index (χ4n) is 6.03. The number of amides is 1. The maximum atomic E-state index is 14.2. The summed E-state index contributed by atoms with van der Waals surface area (Å²) in [7, 11) is -3.91. The van der Waals surface area contributed by atoms with Crippen LogP contribution in [0.4, 0.5) is 5.69 Å². The Balaban J connectivity index is 1.46. The molecule has 8 nitrogen and oxygen atoms in total. The molecule has 3 aromatic carbocycles. The van der Waals surface area contributed by atoms with Crippen LogP contribution >= 0.6 is 0 Å². The molecular weight excluding hydrogens is 540 g/mol. The minimum Gasteiger partial charge on any atom is -0.507 e. The maximum absolute atomic E-state index is 14.2. The van der Waals surface area contributed by atoms with Gasteiger partial charge < -0.3 is 20.2 Å². The van der Waals surface area contributed by atoms with Crippen LogP contribution in [0.1, 0.15) is 79.4 Å². The molecule has 0 aromatic heterocycles. The SMILES string of the molecule is Cc1ccc(S(=O)(=O)N2CCCC2C(=O)N(Cc2ccc(C3CCCCC3)cc2)c2ccc(C(O)O)c(O)c2)cc1. The van der Waals surface area contributed by atoms with Crippen LogP contribution < -0.4 is 4.90 Å². The number of benzene rings is 3. The number of aromatic hydroxyl groups is 1. The summed E-state index contributed by atoms with van der Waals surface area (Å²) in [4.78, 5) is 15.8. The molecule has 2 aliphatic rings. The van der Waals surface area contributed by atoms with Gasteiger partial charge in [-0.05, 0) is 73.9 Å². The number of carbonyl (C=O) groups excluding carboxylic acids is 1. The molecule has 1 saturated carbocycles. The average Bonchev–Trinajstić information content (AvgIpc) is 3.48. The molecule has 1 saturated heterocycles. The highest BCUT2D eigenvalue weighted by atomic mass is 32.2. The smallest absolute Gasteiger partial charge is 0.245 e. The fraction of sp³-hybridized carbons (Fsp3) is 0.406. The summed E-state index contributed by atoms with van der Waals surface area (Å²) in [5.41, 5.74) is 3.36. The first-order valence-electron chi connectivity index (χ1n) is 14.3. The molecule has 1 aliphatic heterocycles. The molecule has 2 fully saturated rings. The third-order valence-corrected chi connectivity index (χ3v) is 10.3. The normalized spacial score (nSPS) is 18.6. The zero-order valence-electron chi connectivity index (χ0n) is 23.3. The van der Waals surface area contributed by atoms with Gasteiger partial charge in [0.15, 0.2) is 6.29 Å². The number of carbonyl (C=O) groups is 1. The van der Waals surface area contributed by atoms with E-state index in [0.29, 0.717) is 24.4 Å². The zero-order chi connectivity index (χ0) is 29.1. The molecule has 0 bridgehead atoms. The van der Waals surface area contributed by atoms with Crippen LogP contribution in [-0.2, 0) is 21.4 Å². The Bertz CT molecular complexity index is 1470. The number of aliphatic hydroxyl groups is 2. The lowest BCUT2D eigenvalue weighted by molar-refractivity contribution is -0.121. The van der Waals surface area contributed by atoms with Crippen molar-refractivity contribution >= 4 is 21.6 Å². The average molecular weight is 579 g/mol. The van der Waals surface area contributed by atoms with Gasteiger partial charge in [0.05, 0.1) is 11.4 Å². The van der Waals surface area contributed by atoms with Crippen LogP contribution in [0, 0.1) is 6.92 Å². The Morgan fingerprint density at radius 2 is 1.61 bits per heavy atom. The summed E-state index contributed by atoms with van der Waals surface area (Å²) in [6.07, 6.45) is 5.17. The molecule has 3 N–H and O–H groups in total. The Kier molecular flexibility index (Phi) is 8.79. The van der Waals surface area contributed by atoms with Crippen LogP contribution in [0.5, 0.6) is 5.75 Å². The van der Waals surface area contributed by atoms with E-state index < -0.39 is 28.3 Å². The lowest BCUT2D eigenvalue weighted by Gasteiger charge is -2.30. The van der Waals surface area contributed by atoms with Crippen LogP contribution in [-0.4, -0.2) is 46.5 Å². The molecule has 1 unspecified atom stereocenters. The quantitative estimate of drug-likeness (QED) is 0.320. The van der Waals surface area contributed by atoms with E-state index in [9.17, 15) is 28.5 Å². The molecule has 41 heavy (non-hydrogen) atoms. The topological polar surface area (TPSA) is 118 Å². The third-order valence-electron chi connectivity index (χ3n) is 8.38. The van der Waals surface area contributed by atoms with Crippen molar-refractivity contribution in [3.05, 3.63) is 89.0 Å². The first kappa shape index (κ1) is 29.3. The standard InChI is InChI=1S/C32H38N2O6S/c1-22-9-16-27(17-10-22)41(39,40)34-19-5-8-29(34)31(36)33(26-15-18-28(32(37)38)30(35)20-26)21-23-11-13-25(14-12-23)24-6-3-2-4-7-24/h9-18,20,24,29,32,35,37-38H,2-8,19,21H2,1H3. The van der Waals surface area contributed by atoms with Crippen molar-refractivity contribution in [2.75, 3.05) is 11.4 Å². The van der Waals surface area contributed by atoms with Crippen molar-refractivity contribution in [3.63, 3.8) is 0 Å². The predicted molar refractivity (Wildman–Crippen MR) is 157 cm³/mol. The number of hydrogen-bond acceptors (Lipinski definition) is 6. The number of anilines is 1. The second-order valence-corrected chi connectivity index (χ2v) is 13.1. The monoisotopic (exact) mass is 578 g/mol. The summed E-state index contributed by atoms with van der Waals surface area (Å²) in [5, 5.41) is 29.6. The number of aliphatic hydroxyl groups excluding tert-OH is 1. The predicted octanol–water partition coefficient (Wildman–Crippen LogP) is 5.12. The van der Waals surface area contributed by atoms with Crippen LogP contribution in [0.3, 0.4) is 0 Å². The van der Waals surface area contributed by atoms with Gasteiger partial charge in [0, 0.05) is 23.9 Å². The summed E-state index contributed by atoms with van der Waals surface area (Å²) in [6, 6.07) is 18.1. The third kappa shape index (κ3) is 6.33. The number of phenolic OH excluding ortho intramolecular Hbond substituents is 1. The minimum atomic E-state index is -3.91. The molecule has 1 heterocycles. The Hall–Kier alpha value is -3.24. The number of phenols is 1. The van der Waals surface area contributed by atoms with Gasteiger partial charge in [-0.1, -0.05) is 61.2 Å². The lowest BCUT2D eigenvalue weighted by atomic mass is 9.84. The highest BCUT2D eigenvalue weighted by molar-refractivity contribution is 7.89. The molecule has 0 spiro atoms. The molecule has 1 amide bonds. The molecule has 3 aromatic rings. The van der Waals surface area contributed by atoms with Crippen LogP contribution in [0.2, 0.25) is 0 Å².